The van der Waals surface area contributed by atoms with E-state index in [-0.39, 0.29) is 0 Å². The number of hydrogen-bond acceptors (Lipinski definition) is 3. The molecular weight excluding hydrogens is 228 g/mol. The van der Waals surface area contributed by atoms with Crippen LogP contribution in [-0.4, -0.2) is 11.0 Å². The molecule has 1 unspecified atom stereocenters. The zero-order valence-electron chi connectivity index (χ0n) is 11.0. The summed E-state index contributed by atoms with van der Waals surface area (Å²) in [4.78, 5) is 4.53. The lowest BCUT2D eigenvalue weighted by Crippen LogP contribution is -2.33. The number of rotatable bonds is 4. The van der Waals surface area contributed by atoms with Gasteiger partial charge in [0.2, 0.25) is 0 Å². The smallest absolute Gasteiger partial charge is 0.110 e. The van der Waals surface area contributed by atoms with E-state index in [1.807, 2.05) is 6.20 Å². The summed E-state index contributed by atoms with van der Waals surface area (Å²) in [5, 5.41) is 7.11. The molecular formula is C14H24N2S. The summed E-state index contributed by atoms with van der Waals surface area (Å²) < 4.78 is 0. The van der Waals surface area contributed by atoms with E-state index in [4.69, 9.17) is 0 Å². The van der Waals surface area contributed by atoms with Crippen molar-refractivity contribution >= 4 is 11.3 Å². The number of hydrogen-bond donors (Lipinski definition) is 1. The maximum atomic E-state index is 4.53. The van der Waals surface area contributed by atoms with Gasteiger partial charge in [-0.1, -0.05) is 39.5 Å². The van der Waals surface area contributed by atoms with E-state index in [9.17, 15) is 0 Å². The van der Waals surface area contributed by atoms with Crippen molar-refractivity contribution in [2.75, 3.05) is 0 Å². The summed E-state index contributed by atoms with van der Waals surface area (Å²) in [5.74, 6) is 0.783. The lowest BCUT2D eigenvalue weighted by Gasteiger charge is -2.27. The molecule has 0 saturated heterocycles. The molecule has 1 aliphatic carbocycles. The van der Waals surface area contributed by atoms with E-state index >= 15 is 0 Å². The first-order chi connectivity index (χ1) is 8.27. The molecule has 0 radical (unpaired) electrons. The molecule has 1 aromatic heterocycles. The van der Waals surface area contributed by atoms with Crippen molar-refractivity contribution in [2.24, 2.45) is 5.92 Å². The fraction of sp³-hybridized carbons (Fsp3) is 0.786. The van der Waals surface area contributed by atoms with Gasteiger partial charge in [0.15, 0.2) is 0 Å². The van der Waals surface area contributed by atoms with Gasteiger partial charge in [0.25, 0.3) is 0 Å². The minimum atomic E-state index is 0.480. The Hall–Kier alpha value is -0.410. The third kappa shape index (κ3) is 3.78. The molecule has 1 N–H and O–H groups in total. The van der Waals surface area contributed by atoms with E-state index in [1.54, 1.807) is 11.3 Å². The largest absolute Gasteiger partial charge is 0.305 e. The van der Waals surface area contributed by atoms with Crippen molar-refractivity contribution in [3.05, 3.63) is 16.6 Å². The van der Waals surface area contributed by atoms with Crippen LogP contribution in [0.1, 0.15) is 63.4 Å². The molecule has 1 aliphatic rings. The zero-order valence-corrected chi connectivity index (χ0v) is 11.8. The maximum Gasteiger partial charge on any atom is 0.110 e. The SMILES string of the molecule is CC(C)NC(c1nccs1)C1CCCCCC1. The molecule has 1 atom stereocenters. The van der Waals surface area contributed by atoms with Gasteiger partial charge >= 0.3 is 0 Å². The minimum Gasteiger partial charge on any atom is -0.305 e. The van der Waals surface area contributed by atoms with E-state index < -0.39 is 0 Å². The molecule has 1 heterocycles. The molecule has 0 aromatic carbocycles. The first kappa shape index (κ1) is 13.0. The number of nitrogens with one attached hydrogen (secondary N) is 1. The van der Waals surface area contributed by atoms with Crippen molar-refractivity contribution in [3.8, 4) is 0 Å². The van der Waals surface area contributed by atoms with Crippen LogP contribution in [0.15, 0.2) is 11.6 Å². The third-order valence-corrected chi connectivity index (χ3v) is 4.46. The standard InChI is InChI=1S/C14H24N2S/c1-11(2)16-13(14-15-9-10-17-14)12-7-5-3-4-6-8-12/h9-13,16H,3-8H2,1-2H3. The normalized spacial score (nSPS) is 20.4. The molecule has 2 nitrogen and oxygen atoms in total. The Balaban J connectivity index is 2.08. The third-order valence-electron chi connectivity index (χ3n) is 3.60. The number of thiazole rings is 1. The van der Waals surface area contributed by atoms with Crippen LogP contribution in [0.4, 0.5) is 0 Å². The predicted molar refractivity (Wildman–Crippen MR) is 74.3 cm³/mol. The van der Waals surface area contributed by atoms with Crippen LogP contribution in [0.3, 0.4) is 0 Å². The highest BCUT2D eigenvalue weighted by atomic mass is 32.1. The van der Waals surface area contributed by atoms with Crippen molar-refractivity contribution in [1.82, 2.24) is 10.3 Å². The van der Waals surface area contributed by atoms with Gasteiger partial charge in [0, 0.05) is 17.6 Å². The Labute approximate surface area is 109 Å². The van der Waals surface area contributed by atoms with Gasteiger partial charge < -0.3 is 5.32 Å². The topological polar surface area (TPSA) is 24.9 Å². The molecule has 0 bridgehead atoms. The summed E-state index contributed by atoms with van der Waals surface area (Å²) in [6.07, 6.45) is 10.3. The Bertz CT molecular complexity index is 300. The fourth-order valence-corrected chi connectivity index (χ4v) is 3.59. The molecule has 1 aromatic rings. The molecule has 2 rings (SSSR count). The first-order valence-corrected chi connectivity index (χ1v) is 7.81. The van der Waals surface area contributed by atoms with E-state index in [2.05, 4.69) is 29.5 Å². The lowest BCUT2D eigenvalue weighted by atomic mass is 9.91. The Morgan fingerprint density at radius 1 is 1.24 bits per heavy atom. The highest BCUT2D eigenvalue weighted by molar-refractivity contribution is 7.09. The van der Waals surface area contributed by atoms with Crippen LogP contribution >= 0.6 is 11.3 Å². The molecule has 1 saturated carbocycles. The molecule has 1 fully saturated rings. The summed E-state index contributed by atoms with van der Waals surface area (Å²) >= 11 is 1.80. The number of aromatic nitrogens is 1. The van der Waals surface area contributed by atoms with Crippen LogP contribution < -0.4 is 5.32 Å². The molecule has 0 aliphatic heterocycles. The van der Waals surface area contributed by atoms with Gasteiger partial charge in [-0.25, -0.2) is 4.98 Å². The second-order valence-electron chi connectivity index (χ2n) is 5.42. The summed E-state index contributed by atoms with van der Waals surface area (Å²) in [6, 6.07) is 1.01. The molecule has 96 valence electrons. The molecule has 17 heavy (non-hydrogen) atoms. The van der Waals surface area contributed by atoms with Gasteiger partial charge in [-0.3, -0.25) is 0 Å². The quantitative estimate of drug-likeness (QED) is 0.814. The van der Waals surface area contributed by atoms with E-state index in [0.717, 1.165) is 5.92 Å². The summed E-state index contributed by atoms with van der Waals surface area (Å²) in [7, 11) is 0. The highest BCUT2D eigenvalue weighted by Crippen LogP contribution is 2.34. The predicted octanol–water partition coefficient (Wildman–Crippen LogP) is 4.15. The summed E-state index contributed by atoms with van der Waals surface area (Å²) in [6.45, 7) is 4.47. The zero-order chi connectivity index (χ0) is 12.1. The van der Waals surface area contributed by atoms with Crippen molar-refractivity contribution in [1.29, 1.82) is 0 Å². The Kier molecular flexibility index (Phi) is 4.99. The first-order valence-electron chi connectivity index (χ1n) is 6.93. The number of nitrogens with zero attached hydrogens (tertiary/aromatic N) is 1. The van der Waals surface area contributed by atoms with Crippen molar-refractivity contribution < 1.29 is 0 Å². The monoisotopic (exact) mass is 252 g/mol. The molecule has 0 amide bonds. The Morgan fingerprint density at radius 3 is 2.47 bits per heavy atom. The van der Waals surface area contributed by atoms with Crippen LogP contribution in [0.25, 0.3) is 0 Å². The summed E-state index contributed by atoms with van der Waals surface area (Å²) in [5.41, 5.74) is 0. The van der Waals surface area contributed by atoms with Crippen LogP contribution in [-0.2, 0) is 0 Å². The van der Waals surface area contributed by atoms with Crippen molar-refractivity contribution in [2.45, 2.75) is 64.5 Å². The minimum absolute atomic E-state index is 0.480. The van der Waals surface area contributed by atoms with Crippen molar-refractivity contribution in [3.63, 3.8) is 0 Å². The second-order valence-corrected chi connectivity index (χ2v) is 6.35. The average Bonchev–Trinajstić information content (AvgIpc) is 2.68. The second kappa shape index (κ2) is 6.50. The average molecular weight is 252 g/mol. The van der Waals surface area contributed by atoms with Crippen LogP contribution in [0.2, 0.25) is 0 Å². The van der Waals surface area contributed by atoms with Gasteiger partial charge in [-0.05, 0) is 18.8 Å². The lowest BCUT2D eigenvalue weighted by molar-refractivity contribution is 0.307. The molecule has 3 heteroatoms. The van der Waals surface area contributed by atoms with E-state index in [0.29, 0.717) is 12.1 Å². The van der Waals surface area contributed by atoms with Crippen LogP contribution in [0, 0.1) is 5.92 Å². The van der Waals surface area contributed by atoms with Gasteiger partial charge in [0.05, 0.1) is 6.04 Å². The highest BCUT2D eigenvalue weighted by Gasteiger charge is 2.26. The molecule has 0 spiro atoms. The Morgan fingerprint density at radius 2 is 1.94 bits per heavy atom. The van der Waals surface area contributed by atoms with Crippen LogP contribution in [0.5, 0.6) is 0 Å². The van der Waals surface area contributed by atoms with Gasteiger partial charge in [-0.2, -0.15) is 0 Å². The fourth-order valence-electron chi connectivity index (χ4n) is 2.80. The van der Waals surface area contributed by atoms with Gasteiger partial charge in [0.1, 0.15) is 5.01 Å². The van der Waals surface area contributed by atoms with Gasteiger partial charge in [-0.15, -0.1) is 11.3 Å². The van der Waals surface area contributed by atoms with E-state index in [1.165, 1.54) is 43.5 Å². The maximum absolute atomic E-state index is 4.53.